The van der Waals surface area contributed by atoms with Crippen molar-refractivity contribution in [3.05, 3.63) is 0 Å². The molecule has 0 aromatic carbocycles. The molecule has 18 heavy (non-hydrogen) atoms. The van der Waals surface area contributed by atoms with Gasteiger partial charge in [-0.15, -0.1) is 0 Å². The first-order valence-corrected chi connectivity index (χ1v) is 6.87. The Morgan fingerprint density at radius 2 is 2.00 bits per heavy atom. The second-order valence-electron chi connectivity index (χ2n) is 5.03. The van der Waals surface area contributed by atoms with Crippen molar-refractivity contribution in [1.82, 2.24) is 5.32 Å². The third kappa shape index (κ3) is 6.66. The summed E-state index contributed by atoms with van der Waals surface area (Å²) >= 11 is 0. The summed E-state index contributed by atoms with van der Waals surface area (Å²) in [4.78, 5) is 0. The first kappa shape index (κ1) is 15.9. The van der Waals surface area contributed by atoms with Crippen LogP contribution in [0.4, 0.5) is 0 Å². The summed E-state index contributed by atoms with van der Waals surface area (Å²) in [5, 5.41) is 21.9. The molecule has 1 saturated carbocycles. The van der Waals surface area contributed by atoms with Crippen molar-refractivity contribution < 1.29 is 19.7 Å². The molecule has 0 bridgehead atoms. The second kappa shape index (κ2) is 8.82. The highest BCUT2D eigenvalue weighted by Gasteiger charge is 2.41. The Morgan fingerprint density at radius 1 is 1.28 bits per heavy atom. The van der Waals surface area contributed by atoms with Gasteiger partial charge < -0.3 is 25.0 Å². The van der Waals surface area contributed by atoms with Crippen LogP contribution in [0, 0.1) is 5.41 Å². The number of aliphatic hydroxyl groups excluding tert-OH is 2. The molecule has 0 aromatic rings. The molecule has 0 radical (unpaired) electrons. The summed E-state index contributed by atoms with van der Waals surface area (Å²) < 4.78 is 10.4. The Labute approximate surface area is 109 Å². The van der Waals surface area contributed by atoms with Gasteiger partial charge in [-0.1, -0.05) is 0 Å². The summed E-state index contributed by atoms with van der Waals surface area (Å²) in [7, 11) is 0. The van der Waals surface area contributed by atoms with E-state index in [1.54, 1.807) is 0 Å². The Morgan fingerprint density at radius 3 is 2.61 bits per heavy atom. The number of nitrogens with one attached hydrogen (secondary N) is 1. The normalized spacial score (nSPS) is 18.8. The Kier molecular flexibility index (Phi) is 7.77. The van der Waals surface area contributed by atoms with E-state index in [0.717, 1.165) is 13.0 Å². The highest BCUT2D eigenvalue weighted by molar-refractivity contribution is 4.94. The van der Waals surface area contributed by atoms with Gasteiger partial charge in [-0.25, -0.2) is 0 Å². The molecule has 1 atom stereocenters. The smallest absolute Gasteiger partial charge is 0.0897 e. The first-order valence-electron chi connectivity index (χ1n) is 6.87. The van der Waals surface area contributed by atoms with Crippen molar-refractivity contribution >= 4 is 0 Å². The van der Waals surface area contributed by atoms with E-state index >= 15 is 0 Å². The molecule has 5 heteroatoms. The lowest BCUT2D eigenvalue weighted by atomic mass is 10.0. The van der Waals surface area contributed by atoms with Crippen LogP contribution in [0.2, 0.25) is 0 Å². The summed E-state index contributed by atoms with van der Waals surface area (Å²) in [5.41, 5.74) is 0.296. The third-order valence-corrected chi connectivity index (χ3v) is 3.37. The zero-order valence-electron chi connectivity index (χ0n) is 11.4. The largest absolute Gasteiger partial charge is 0.396 e. The molecule has 0 saturated heterocycles. The van der Waals surface area contributed by atoms with Crippen LogP contribution in [0.15, 0.2) is 0 Å². The van der Waals surface area contributed by atoms with Gasteiger partial charge in [-0.2, -0.15) is 0 Å². The first-order chi connectivity index (χ1) is 8.72. The summed E-state index contributed by atoms with van der Waals surface area (Å²) in [6.07, 6.45) is 2.75. The van der Waals surface area contributed by atoms with Crippen LogP contribution in [-0.4, -0.2) is 62.4 Å². The maximum absolute atomic E-state index is 9.68. The van der Waals surface area contributed by atoms with Crippen molar-refractivity contribution in [2.45, 2.75) is 32.3 Å². The monoisotopic (exact) mass is 261 g/mol. The van der Waals surface area contributed by atoms with Gasteiger partial charge in [0.1, 0.15) is 0 Å². The van der Waals surface area contributed by atoms with E-state index in [-0.39, 0.29) is 6.61 Å². The van der Waals surface area contributed by atoms with Crippen molar-refractivity contribution in [3.63, 3.8) is 0 Å². The molecular weight excluding hydrogens is 234 g/mol. The predicted molar refractivity (Wildman–Crippen MR) is 69.6 cm³/mol. The van der Waals surface area contributed by atoms with E-state index < -0.39 is 6.10 Å². The fraction of sp³-hybridized carbons (Fsp3) is 1.00. The highest BCUT2D eigenvalue weighted by atomic mass is 16.5. The average molecular weight is 261 g/mol. The fourth-order valence-electron chi connectivity index (χ4n) is 1.97. The van der Waals surface area contributed by atoms with E-state index in [4.69, 9.17) is 14.6 Å². The Hall–Kier alpha value is -0.200. The molecule has 0 heterocycles. The van der Waals surface area contributed by atoms with Gasteiger partial charge in [0.15, 0.2) is 0 Å². The number of hydrogen-bond acceptors (Lipinski definition) is 5. The SMILES string of the molecule is CCOCCOCC(O)CNCC1(CCO)CC1. The molecule has 1 fully saturated rings. The van der Waals surface area contributed by atoms with Crippen molar-refractivity contribution in [1.29, 1.82) is 0 Å². The molecule has 1 rings (SSSR count). The van der Waals surface area contributed by atoms with E-state index in [0.29, 0.717) is 38.4 Å². The van der Waals surface area contributed by atoms with Gasteiger partial charge in [0.25, 0.3) is 0 Å². The maximum atomic E-state index is 9.68. The number of ether oxygens (including phenoxy) is 2. The van der Waals surface area contributed by atoms with Gasteiger partial charge >= 0.3 is 0 Å². The minimum Gasteiger partial charge on any atom is -0.396 e. The number of hydrogen-bond donors (Lipinski definition) is 3. The molecule has 1 aliphatic carbocycles. The van der Waals surface area contributed by atoms with Crippen LogP contribution >= 0.6 is 0 Å². The van der Waals surface area contributed by atoms with Crippen LogP contribution in [0.25, 0.3) is 0 Å². The zero-order chi connectivity index (χ0) is 13.3. The Bertz CT molecular complexity index is 209. The van der Waals surface area contributed by atoms with Crippen molar-refractivity contribution in [3.8, 4) is 0 Å². The summed E-state index contributed by atoms with van der Waals surface area (Å²) in [5.74, 6) is 0. The molecule has 1 unspecified atom stereocenters. The molecule has 0 aromatic heterocycles. The van der Waals surface area contributed by atoms with E-state index in [9.17, 15) is 5.11 Å². The van der Waals surface area contributed by atoms with Gasteiger partial charge in [-0.05, 0) is 31.6 Å². The molecular formula is C13H27NO4. The van der Waals surface area contributed by atoms with Crippen molar-refractivity contribution in [2.24, 2.45) is 5.41 Å². The maximum Gasteiger partial charge on any atom is 0.0897 e. The van der Waals surface area contributed by atoms with Gasteiger partial charge in [0, 0.05) is 26.3 Å². The zero-order valence-corrected chi connectivity index (χ0v) is 11.4. The van der Waals surface area contributed by atoms with Gasteiger partial charge in [-0.3, -0.25) is 0 Å². The molecule has 3 N–H and O–H groups in total. The lowest BCUT2D eigenvalue weighted by Gasteiger charge is -2.17. The molecule has 0 spiro atoms. The average Bonchev–Trinajstić information content (AvgIpc) is 3.09. The topological polar surface area (TPSA) is 71.0 Å². The second-order valence-corrected chi connectivity index (χ2v) is 5.03. The van der Waals surface area contributed by atoms with Crippen LogP contribution in [0.3, 0.4) is 0 Å². The van der Waals surface area contributed by atoms with Crippen LogP contribution < -0.4 is 5.32 Å². The van der Waals surface area contributed by atoms with E-state index in [2.05, 4.69) is 5.32 Å². The number of aliphatic hydroxyl groups is 2. The highest BCUT2D eigenvalue weighted by Crippen LogP contribution is 2.47. The molecule has 5 nitrogen and oxygen atoms in total. The van der Waals surface area contributed by atoms with Crippen molar-refractivity contribution in [2.75, 3.05) is 46.1 Å². The quantitative estimate of drug-likeness (QED) is 0.436. The standard InChI is InChI=1S/C13H27NO4/c1-2-17-7-8-18-10-12(16)9-14-11-13(3-4-13)5-6-15/h12,14-16H,2-11H2,1H3. The fourth-order valence-corrected chi connectivity index (χ4v) is 1.97. The summed E-state index contributed by atoms with van der Waals surface area (Å²) in [6.45, 7) is 5.76. The molecule has 1 aliphatic rings. The minimum absolute atomic E-state index is 0.255. The molecule has 0 aliphatic heterocycles. The van der Waals surface area contributed by atoms with Crippen LogP contribution in [0.1, 0.15) is 26.2 Å². The van der Waals surface area contributed by atoms with Crippen LogP contribution in [-0.2, 0) is 9.47 Å². The summed E-state index contributed by atoms with van der Waals surface area (Å²) in [6, 6.07) is 0. The Balaban J connectivity index is 1.92. The van der Waals surface area contributed by atoms with E-state index in [1.165, 1.54) is 12.8 Å². The molecule has 0 amide bonds. The lowest BCUT2D eigenvalue weighted by Crippen LogP contribution is -2.34. The molecule has 108 valence electrons. The van der Waals surface area contributed by atoms with Crippen LogP contribution in [0.5, 0.6) is 0 Å². The third-order valence-electron chi connectivity index (χ3n) is 3.37. The predicted octanol–water partition coefficient (Wildman–Crippen LogP) is 0.153. The van der Waals surface area contributed by atoms with Gasteiger partial charge in [0.05, 0.1) is 25.9 Å². The minimum atomic E-state index is -0.475. The lowest BCUT2D eigenvalue weighted by molar-refractivity contribution is 0.00615. The van der Waals surface area contributed by atoms with E-state index in [1.807, 2.05) is 6.92 Å². The number of rotatable bonds is 12. The van der Waals surface area contributed by atoms with Gasteiger partial charge in [0.2, 0.25) is 0 Å².